The molecule has 6 rings (SSSR count). The number of pyridine rings is 2. The Morgan fingerprint density at radius 2 is 2.00 bits per heavy atom. The van der Waals surface area contributed by atoms with Crippen LogP contribution in [0.25, 0.3) is 21.5 Å². The van der Waals surface area contributed by atoms with E-state index in [0.717, 1.165) is 10.9 Å². The molecule has 5 atom stereocenters. The number of nitrogens with zero attached hydrogens (tertiary/aromatic N) is 4. The van der Waals surface area contributed by atoms with Crippen molar-refractivity contribution in [3.63, 3.8) is 0 Å². The van der Waals surface area contributed by atoms with Gasteiger partial charge >= 0.3 is 6.18 Å². The minimum absolute atomic E-state index is 0.0380. The van der Waals surface area contributed by atoms with Crippen molar-refractivity contribution in [1.29, 1.82) is 0 Å². The fraction of sp³-hybridized carbons (Fsp3) is 0.517. The predicted molar refractivity (Wildman–Crippen MR) is 148 cm³/mol. The SMILES string of the molecule is CN[C@@H]1CN(C(=O)c2c(C)cc(C(F)(F)F)nc2-c2ccnc3cc(CN4C(=O)C5C(C4O)C5(C)C)sc23)C[C@H]1C. The second kappa shape index (κ2) is 9.47. The van der Waals surface area contributed by atoms with E-state index < -0.39 is 18.1 Å². The van der Waals surface area contributed by atoms with Crippen molar-refractivity contribution in [2.45, 2.75) is 52.7 Å². The number of hydrogen-bond donors (Lipinski definition) is 2. The van der Waals surface area contributed by atoms with Gasteiger partial charge < -0.3 is 20.2 Å². The molecule has 0 spiro atoms. The normalized spacial score (nSPS) is 27.1. The molecule has 5 heterocycles. The number of carbonyl (C=O) groups is 2. The molecule has 3 unspecified atom stereocenters. The van der Waals surface area contributed by atoms with Crippen LogP contribution in [0.4, 0.5) is 13.2 Å². The molecule has 218 valence electrons. The van der Waals surface area contributed by atoms with Gasteiger partial charge in [-0.15, -0.1) is 11.3 Å². The Labute approximate surface area is 239 Å². The average molecular weight is 588 g/mol. The number of rotatable bonds is 5. The topological polar surface area (TPSA) is 98.7 Å². The number of aryl methyl sites for hydroxylation is 1. The Morgan fingerprint density at radius 3 is 2.61 bits per heavy atom. The summed E-state index contributed by atoms with van der Waals surface area (Å²) in [5, 5.41) is 14.0. The van der Waals surface area contributed by atoms with Crippen LogP contribution in [-0.4, -0.2) is 69.1 Å². The van der Waals surface area contributed by atoms with Gasteiger partial charge in [-0.3, -0.25) is 14.6 Å². The third kappa shape index (κ3) is 4.42. The standard InChI is InChI=1S/C29H32F3N5O3S/c1-13-8-19(29(30,31)32)35-23(20(13)25(38)36-10-14(2)18(12-36)33-5)16-6-7-34-17-9-15(41-24(16)17)11-37-26(39)21-22(27(37)40)28(21,3)4/h6-9,14,18,21-22,26,33,39H,10-12H2,1-5H3/t14-,18-,21?,22?,26?/m1/s1. The lowest BCUT2D eigenvalue weighted by Gasteiger charge is -2.26. The van der Waals surface area contributed by atoms with E-state index in [1.165, 1.54) is 29.4 Å². The fourth-order valence-corrected chi connectivity index (χ4v) is 7.88. The Kier molecular flexibility index (Phi) is 6.48. The van der Waals surface area contributed by atoms with Gasteiger partial charge in [-0.2, -0.15) is 13.2 Å². The van der Waals surface area contributed by atoms with Crippen molar-refractivity contribution in [2.75, 3.05) is 20.1 Å². The van der Waals surface area contributed by atoms with Gasteiger partial charge in [0.05, 0.1) is 33.9 Å². The zero-order valence-corrected chi connectivity index (χ0v) is 24.2. The molecule has 3 fully saturated rings. The highest BCUT2D eigenvalue weighted by Gasteiger charge is 2.71. The first-order valence-corrected chi connectivity index (χ1v) is 14.5. The quantitative estimate of drug-likeness (QED) is 0.462. The van der Waals surface area contributed by atoms with Gasteiger partial charge in [0.15, 0.2) is 0 Å². The van der Waals surface area contributed by atoms with E-state index in [0.29, 0.717) is 28.9 Å². The number of amides is 2. The second-order valence-corrected chi connectivity index (χ2v) is 13.3. The number of thiophene rings is 1. The highest BCUT2D eigenvalue weighted by atomic mass is 32.1. The fourth-order valence-electron chi connectivity index (χ4n) is 6.75. The third-order valence-corrected chi connectivity index (χ3v) is 10.3. The predicted octanol–water partition coefficient (Wildman–Crippen LogP) is 4.30. The minimum Gasteiger partial charge on any atom is -0.373 e. The number of likely N-dealkylation sites (tertiary alicyclic amines) is 2. The number of fused-ring (bicyclic) bond motifs is 2. The highest BCUT2D eigenvalue weighted by Crippen LogP contribution is 2.65. The molecule has 1 saturated carbocycles. The monoisotopic (exact) mass is 587 g/mol. The van der Waals surface area contributed by atoms with Crippen molar-refractivity contribution in [1.82, 2.24) is 25.1 Å². The molecule has 0 radical (unpaired) electrons. The molecule has 0 bridgehead atoms. The molecule has 3 aliphatic rings. The first-order valence-electron chi connectivity index (χ1n) is 13.7. The number of alkyl halides is 3. The van der Waals surface area contributed by atoms with E-state index in [2.05, 4.69) is 15.3 Å². The largest absolute Gasteiger partial charge is 0.433 e. The number of carbonyl (C=O) groups excluding carboxylic acids is 2. The molecule has 0 aromatic carbocycles. The molecule has 1 aliphatic carbocycles. The lowest BCUT2D eigenvalue weighted by atomic mass is 9.99. The third-order valence-electron chi connectivity index (χ3n) is 9.14. The van der Waals surface area contributed by atoms with Gasteiger partial charge in [-0.1, -0.05) is 20.8 Å². The summed E-state index contributed by atoms with van der Waals surface area (Å²) in [4.78, 5) is 39.1. The van der Waals surface area contributed by atoms with Crippen molar-refractivity contribution in [2.24, 2.45) is 23.2 Å². The molecule has 2 N–H and O–H groups in total. The van der Waals surface area contributed by atoms with E-state index in [-0.39, 0.29) is 64.4 Å². The van der Waals surface area contributed by atoms with E-state index in [1.807, 2.05) is 27.8 Å². The first kappa shape index (κ1) is 28.0. The summed E-state index contributed by atoms with van der Waals surface area (Å²) in [6.45, 7) is 8.57. The van der Waals surface area contributed by atoms with Crippen molar-refractivity contribution >= 4 is 33.4 Å². The summed E-state index contributed by atoms with van der Waals surface area (Å²) in [6.07, 6.45) is -4.10. The maximum absolute atomic E-state index is 13.9. The maximum Gasteiger partial charge on any atom is 0.433 e. The number of nitrogens with one attached hydrogen (secondary N) is 1. The van der Waals surface area contributed by atoms with E-state index >= 15 is 0 Å². The van der Waals surface area contributed by atoms with Gasteiger partial charge in [0.1, 0.15) is 11.9 Å². The van der Waals surface area contributed by atoms with Crippen LogP contribution in [0.1, 0.15) is 47.3 Å². The van der Waals surface area contributed by atoms with E-state index in [1.54, 1.807) is 17.0 Å². The van der Waals surface area contributed by atoms with Crippen LogP contribution >= 0.6 is 11.3 Å². The van der Waals surface area contributed by atoms with Crippen LogP contribution in [0, 0.1) is 30.1 Å². The molecule has 3 aromatic rings. The Balaban J connectivity index is 1.42. The van der Waals surface area contributed by atoms with Gasteiger partial charge in [0.2, 0.25) is 5.91 Å². The molecule has 41 heavy (non-hydrogen) atoms. The molecule has 12 heteroatoms. The molecule has 2 aliphatic heterocycles. The van der Waals surface area contributed by atoms with Crippen LogP contribution in [0.15, 0.2) is 24.4 Å². The summed E-state index contributed by atoms with van der Waals surface area (Å²) in [5.41, 5.74) is -0.104. The zero-order valence-electron chi connectivity index (χ0n) is 23.4. The van der Waals surface area contributed by atoms with E-state index in [9.17, 15) is 27.9 Å². The van der Waals surface area contributed by atoms with Gasteiger partial charge in [-0.25, -0.2) is 4.98 Å². The zero-order chi connectivity index (χ0) is 29.6. The summed E-state index contributed by atoms with van der Waals surface area (Å²) in [7, 11) is 1.83. The molecule has 2 amide bonds. The highest BCUT2D eigenvalue weighted by molar-refractivity contribution is 7.19. The van der Waals surface area contributed by atoms with Crippen LogP contribution in [0.2, 0.25) is 0 Å². The molecular weight excluding hydrogens is 555 g/mol. The Bertz CT molecular complexity index is 1570. The van der Waals surface area contributed by atoms with Crippen molar-refractivity contribution in [3.05, 3.63) is 46.1 Å². The summed E-state index contributed by atoms with van der Waals surface area (Å²) in [6, 6.07) is 4.37. The Morgan fingerprint density at radius 1 is 1.27 bits per heavy atom. The van der Waals surface area contributed by atoms with Crippen molar-refractivity contribution < 1.29 is 27.9 Å². The average Bonchev–Trinajstić information content (AvgIpc) is 3.23. The maximum atomic E-state index is 13.9. The number of aromatic nitrogens is 2. The van der Waals surface area contributed by atoms with Crippen LogP contribution in [0.5, 0.6) is 0 Å². The lowest BCUT2D eigenvalue weighted by Crippen LogP contribution is -2.38. The number of likely N-dealkylation sites (N-methyl/N-ethyl adjacent to an activating group) is 1. The smallest absolute Gasteiger partial charge is 0.373 e. The van der Waals surface area contributed by atoms with Crippen LogP contribution < -0.4 is 5.32 Å². The lowest BCUT2D eigenvalue weighted by molar-refractivity contribution is -0.141. The van der Waals surface area contributed by atoms with Gasteiger partial charge in [0.25, 0.3) is 5.91 Å². The molecule has 2 saturated heterocycles. The number of halogens is 3. The first-order chi connectivity index (χ1) is 19.2. The molecule has 8 nitrogen and oxygen atoms in total. The number of hydrogen-bond acceptors (Lipinski definition) is 7. The summed E-state index contributed by atoms with van der Waals surface area (Å²) >= 11 is 1.28. The second-order valence-electron chi connectivity index (χ2n) is 12.1. The summed E-state index contributed by atoms with van der Waals surface area (Å²) in [5.74, 6) is -0.594. The van der Waals surface area contributed by atoms with Crippen molar-refractivity contribution in [3.8, 4) is 11.3 Å². The number of piperidine rings is 1. The van der Waals surface area contributed by atoms with Crippen LogP contribution in [0.3, 0.4) is 0 Å². The number of aliphatic hydroxyl groups is 1. The van der Waals surface area contributed by atoms with Crippen LogP contribution in [-0.2, 0) is 17.5 Å². The van der Waals surface area contributed by atoms with E-state index in [4.69, 9.17) is 0 Å². The minimum atomic E-state index is -4.70. The number of aliphatic hydroxyl groups excluding tert-OH is 1. The van der Waals surface area contributed by atoms with Gasteiger partial charge in [-0.05, 0) is 49.1 Å². The molecular formula is C29H32F3N5O3S. The van der Waals surface area contributed by atoms with Gasteiger partial charge in [0, 0.05) is 41.7 Å². The Hall–Kier alpha value is -3.09. The molecule has 3 aromatic heterocycles. The summed E-state index contributed by atoms with van der Waals surface area (Å²) < 4.78 is 42.3.